The predicted octanol–water partition coefficient (Wildman–Crippen LogP) is 4.61. The lowest BCUT2D eigenvalue weighted by Crippen LogP contribution is -2.30. The summed E-state index contributed by atoms with van der Waals surface area (Å²) in [5, 5.41) is 1.15. The number of benzene rings is 1. The summed E-state index contributed by atoms with van der Waals surface area (Å²) in [7, 11) is 0. The van der Waals surface area contributed by atoms with Crippen LogP contribution in [0.4, 0.5) is 0 Å². The smallest absolute Gasteiger partial charge is 0.266 e. The third kappa shape index (κ3) is 2.92. The average molecular weight is 326 g/mol. The summed E-state index contributed by atoms with van der Waals surface area (Å²) >= 11 is 1.60. The molecule has 2 fully saturated rings. The van der Waals surface area contributed by atoms with Crippen LogP contribution in [0.1, 0.15) is 69.0 Å². The third-order valence-corrected chi connectivity index (χ3v) is 5.95. The Morgan fingerprint density at radius 1 is 1.17 bits per heavy atom. The van der Waals surface area contributed by atoms with Gasteiger partial charge in [-0.05, 0) is 45.1 Å². The van der Waals surface area contributed by atoms with Gasteiger partial charge >= 0.3 is 0 Å². The van der Waals surface area contributed by atoms with E-state index in [0.29, 0.717) is 5.92 Å². The second kappa shape index (κ2) is 5.75. The van der Waals surface area contributed by atoms with Gasteiger partial charge in [-0.2, -0.15) is 0 Å². The van der Waals surface area contributed by atoms with Crippen molar-refractivity contribution in [2.75, 3.05) is 6.54 Å². The zero-order valence-corrected chi connectivity index (χ0v) is 14.5. The summed E-state index contributed by atoms with van der Waals surface area (Å²) in [5.74, 6) is 0.784. The number of nitrogens with zero attached hydrogens (tertiary/aromatic N) is 2. The van der Waals surface area contributed by atoms with E-state index in [9.17, 15) is 4.79 Å². The lowest BCUT2D eigenvalue weighted by molar-refractivity contribution is 0.0740. The van der Waals surface area contributed by atoms with Gasteiger partial charge in [-0.25, -0.2) is 4.98 Å². The molecule has 1 atom stereocenters. The van der Waals surface area contributed by atoms with Crippen molar-refractivity contribution in [1.29, 1.82) is 0 Å². The Labute approximate surface area is 141 Å². The number of aromatic nitrogens is 1. The van der Waals surface area contributed by atoms with Crippen molar-refractivity contribution in [2.45, 2.75) is 51.5 Å². The van der Waals surface area contributed by atoms with E-state index in [1.54, 1.807) is 17.5 Å². The fraction of sp³-hybridized carbons (Fsp3) is 0.474. The van der Waals surface area contributed by atoms with E-state index < -0.39 is 0 Å². The molecule has 4 rings (SSSR count). The molecule has 1 amide bonds. The van der Waals surface area contributed by atoms with Crippen LogP contribution in [-0.4, -0.2) is 22.3 Å². The monoisotopic (exact) mass is 326 g/mol. The molecule has 1 aromatic heterocycles. The van der Waals surface area contributed by atoms with Crippen LogP contribution >= 0.6 is 11.3 Å². The van der Waals surface area contributed by atoms with Crippen LogP contribution in [0.3, 0.4) is 0 Å². The van der Waals surface area contributed by atoms with Gasteiger partial charge in [-0.3, -0.25) is 4.79 Å². The minimum Gasteiger partial charge on any atom is -0.331 e. The molecular formula is C19H22N2OS. The largest absolute Gasteiger partial charge is 0.331 e. The van der Waals surface area contributed by atoms with Gasteiger partial charge in [0, 0.05) is 12.5 Å². The molecule has 1 aliphatic heterocycles. The van der Waals surface area contributed by atoms with Gasteiger partial charge in [0.05, 0.1) is 17.2 Å². The molecule has 1 saturated heterocycles. The topological polar surface area (TPSA) is 33.2 Å². The molecule has 1 unspecified atom stereocenters. The Bertz CT molecular complexity index is 727. The maximum absolute atomic E-state index is 13.0. The highest BCUT2D eigenvalue weighted by Crippen LogP contribution is 2.42. The Morgan fingerprint density at radius 2 is 1.91 bits per heavy atom. The first-order valence-corrected chi connectivity index (χ1v) is 9.28. The first-order valence-electron chi connectivity index (χ1n) is 8.47. The first-order chi connectivity index (χ1) is 11.1. The van der Waals surface area contributed by atoms with E-state index in [0.717, 1.165) is 29.3 Å². The first kappa shape index (κ1) is 14.9. The standard InChI is InChI=1S/C19H22N2OS/c1-12-8-13(2)10-15(9-12)16-4-3-7-21(16)19(22)17-11-20-18(23-17)14-5-6-14/h8-11,14,16H,3-7H2,1-2H3. The Balaban J connectivity index is 1.59. The molecule has 1 aromatic carbocycles. The third-order valence-electron chi connectivity index (χ3n) is 4.80. The zero-order chi connectivity index (χ0) is 16.0. The van der Waals surface area contributed by atoms with Crippen LogP contribution in [-0.2, 0) is 0 Å². The highest BCUT2D eigenvalue weighted by Gasteiger charge is 2.33. The Hall–Kier alpha value is -1.68. The van der Waals surface area contributed by atoms with Crippen molar-refractivity contribution in [3.8, 4) is 0 Å². The number of amides is 1. The molecule has 2 heterocycles. The SMILES string of the molecule is Cc1cc(C)cc(C2CCCN2C(=O)c2cnc(C3CC3)s2)c1. The number of hydrogen-bond donors (Lipinski definition) is 0. The number of carbonyl (C=O) groups excluding carboxylic acids is 1. The molecule has 0 spiro atoms. The number of aryl methyl sites for hydroxylation is 2. The van der Waals surface area contributed by atoms with Crippen molar-refractivity contribution in [1.82, 2.24) is 9.88 Å². The molecule has 1 aliphatic carbocycles. The molecule has 0 radical (unpaired) electrons. The van der Waals surface area contributed by atoms with Gasteiger partial charge < -0.3 is 4.90 Å². The van der Waals surface area contributed by atoms with Gasteiger partial charge in [0.25, 0.3) is 5.91 Å². The summed E-state index contributed by atoms with van der Waals surface area (Å²) < 4.78 is 0. The van der Waals surface area contributed by atoms with Gasteiger partial charge in [-0.1, -0.05) is 29.3 Å². The van der Waals surface area contributed by atoms with Crippen LogP contribution in [0, 0.1) is 13.8 Å². The minimum atomic E-state index is 0.163. The Kier molecular flexibility index (Phi) is 3.72. The van der Waals surface area contributed by atoms with Gasteiger partial charge in [0.2, 0.25) is 0 Å². The van der Waals surface area contributed by atoms with Crippen LogP contribution in [0.5, 0.6) is 0 Å². The number of thiazole rings is 1. The molecule has 23 heavy (non-hydrogen) atoms. The van der Waals surface area contributed by atoms with Crippen molar-refractivity contribution in [3.63, 3.8) is 0 Å². The summed E-state index contributed by atoms with van der Waals surface area (Å²) in [6, 6.07) is 6.86. The molecule has 0 bridgehead atoms. The lowest BCUT2D eigenvalue weighted by Gasteiger charge is -2.25. The van der Waals surface area contributed by atoms with Crippen LogP contribution in [0.2, 0.25) is 0 Å². The number of likely N-dealkylation sites (tertiary alicyclic amines) is 1. The number of hydrogen-bond acceptors (Lipinski definition) is 3. The van der Waals surface area contributed by atoms with E-state index in [1.165, 1.54) is 29.5 Å². The van der Waals surface area contributed by atoms with Crippen molar-refractivity contribution in [3.05, 3.63) is 51.0 Å². The summed E-state index contributed by atoms with van der Waals surface area (Å²) in [6.07, 6.45) is 6.39. The fourth-order valence-electron chi connectivity index (χ4n) is 3.61. The zero-order valence-electron chi connectivity index (χ0n) is 13.7. The van der Waals surface area contributed by atoms with E-state index >= 15 is 0 Å². The average Bonchev–Trinajstić information content (AvgIpc) is 3.06. The van der Waals surface area contributed by atoms with Crippen molar-refractivity contribution in [2.24, 2.45) is 0 Å². The van der Waals surface area contributed by atoms with E-state index in [4.69, 9.17) is 0 Å². The van der Waals surface area contributed by atoms with Crippen LogP contribution in [0.25, 0.3) is 0 Å². The minimum absolute atomic E-state index is 0.163. The predicted molar refractivity (Wildman–Crippen MR) is 93.0 cm³/mol. The van der Waals surface area contributed by atoms with Crippen molar-refractivity contribution >= 4 is 17.2 Å². The highest BCUT2D eigenvalue weighted by molar-refractivity contribution is 7.13. The molecule has 0 N–H and O–H groups in total. The molecule has 3 nitrogen and oxygen atoms in total. The summed E-state index contributed by atoms with van der Waals surface area (Å²) in [4.78, 5) is 20.3. The normalized spacial score (nSPS) is 21.0. The second-order valence-electron chi connectivity index (χ2n) is 6.91. The Morgan fingerprint density at radius 3 is 2.61 bits per heavy atom. The summed E-state index contributed by atoms with van der Waals surface area (Å²) in [6.45, 7) is 5.11. The molecular weight excluding hydrogens is 304 g/mol. The van der Waals surface area contributed by atoms with Gasteiger partial charge in [0.1, 0.15) is 4.88 Å². The summed E-state index contributed by atoms with van der Waals surface area (Å²) in [5.41, 5.74) is 3.82. The number of rotatable bonds is 3. The quantitative estimate of drug-likeness (QED) is 0.825. The number of carbonyl (C=O) groups is 1. The molecule has 4 heteroatoms. The van der Waals surface area contributed by atoms with E-state index in [-0.39, 0.29) is 11.9 Å². The van der Waals surface area contributed by atoms with Crippen LogP contribution in [0.15, 0.2) is 24.4 Å². The molecule has 120 valence electrons. The van der Waals surface area contributed by atoms with Gasteiger partial charge in [0.15, 0.2) is 0 Å². The molecule has 2 aromatic rings. The highest BCUT2D eigenvalue weighted by atomic mass is 32.1. The lowest BCUT2D eigenvalue weighted by atomic mass is 9.99. The van der Waals surface area contributed by atoms with Crippen molar-refractivity contribution < 1.29 is 4.79 Å². The van der Waals surface area contributed by atoms with Crippen LogP contribution < -0.4 is 0 Å². The maximum atomic E-state index is 13.0. The second-order valence-corrected chi connectivity index (χ2v) is 7.98. The van der Waals surface area contributed by atoms with E-state index in [2.05, 4.69) is 41.9 Å². The molecule has 1 saturated carbocycles. The molecule has 2 aliphatic rings. The van der Waals surface area contributed by atoms with Gasteiger partial charge in [-0.15, -0.1) is 11.3 Å². The van der Waals surface area contributed by atoms with E-state index in [1.807, 2.05) is 0 Å². The fourth-order valence-corrected chi connectivity index (χ4v) is 4.65. The maximum Gasteiger partial charge on any atom is 0.266 e.